The molecule has 3 rings (SSSR count). The van der Waals surface area contributed by atoms with Crippen molar-refractivity contribution in [1.82, 2.24) is 15.3 Å². The van der Waals surface area contributed by atoms with E-state index in [9.17, 15) is 18.0 Å². The molecule has 1 atom stereocenters. The van der Waals surface area contributed by atoms with Crippen molar-refractivity contribution in [3.05, 3.63) is 77.6 Å². The molecule has 10 heteroatoms. The molecule has 32 heavy (non-hydrogen) atoms. The van der Waals surface area contributed by atoms with Gasteiger partial charge in [-0.25, -0.2) is 23.1 Å². The minimum Gasteiger partial charge on any atom is -0.341 e. The Kier molecular flexibility index (Phi) is 6.84. The summed E-state index contributed by atoms with van der Waals surface area (Å²) in [5.74, 6) is -0.816. The molecule has 0 aliphatic heterocycles. The summed E-state index contributed by atoms with van der Waals surface area (Å²) >= 11 is 0. The number of anilines is 2. The van der Waals surface area contributed by atoms with E-state index in [-0.39, 0.29) is 16.8 Å². The molecule has 0 fully saturated rings. The Hall–Kier alpha value is -3.79. The van der Waals surface area contributed by atoms with Crippen LogP contribution in [0.1, 0.15) is 28.7 Å². The maximum atomic E-state index is 12.6. The van der Waals surface area contributed by atoms with E-state index in [1.807, 2.05) is 0 Å². The van der Waals surface area contributed by atoms with Crippen LogP contribution in [-0.4, -0.2) is 36.2 Å². The number of nitrogens with one attached hydrogen (secondary N) is 3. The summed E-state index contributed by atoms with van der Waals surface area (Å²) in [6.45, 7) is 5.04. The van der Waals surface area contributed by atoms with Gasteiger partial charge < -0.3 is 10.6 Å². The Morgan fingerprint density at radius 1 is 0.906 bits per heavy atom. The van der Waals surface area contributed by atoms with Crippen LogP contribution < -0.4 is 15.4 Å². The summed E-state index contributed by atoms with van der Waals surface area (Å²) in [6, 6.07) is 15.1. The van der Waals surface area contributed by atoms with Gasteiger partial charge in [-0.2, -0.15) is 0 Å². The third-order valence-electron chi connectivity index (χ3n) is 4.42. The average molecular weight is 454 g/mol. The predicted molar refractivity (Wildman–Crippen MR) is 121 cm³/mol. The van der Waals surface area contributed by atoms with E-state index in [0.29, 0.717) is 22.6 Å². The van der Waals surface area contributed by atoms with Crippen LogP contribution in [0.15, 0.2) is 65.6 Å². The van der Waals surface area contributed by atoms with Crippen LogP contribution in [0.3, 0.4) is 0 Å². The van der Waals surface area contributed by atoms with Gasteiger partial charge in [0.1, 0.15) is 6.04 Å². The molecule has 0 aliphatic carbocycles. The molecule has 3 N–H and O–H groups in total. The Bertz CT molecular complexity index is 1210. The second kappa shape index (κ2) is 9.56. The summed E-state index contributed by atoms with van der Waals surface area (Å²) in [6.07, 6.45) is 0. The van der Waals surface area contributed by atoms with Crippen molar-refractivity contribution in [2.24, 2.45) is 0 Å². The van der Waals surface area contributed by atoms with Gasteiger partial charge in [0.05, 0.1) is 4.90 Å². The average Bonchev–Trinajstić information content (AvgIpc) is 2.73. The first kappa shape index (κ1) is 22.9. The third kappa shape index (κ3) is 5.88. The summed E-state index contributed by atoms with van der Waals surface area (Å²) in [5.41, 5.74) is 2.11. The standard InChI is InChI=1S/C22H23N5O4S/c1-14-13-15(2)24-22(23-14)27-32(30,31)19-11-9-18(10-12-19)26-20(28)16(3)25-21(29)17-7-5-4-6-8-17/h4-13,16H,1-3H3,(H,25,29)(H,26,28)(H,23,24,27)/t16-/m1/s1. The van der Waals surface area contributed by atoms with Gasteiger partial charge in [-0.15, -0.1) is 0 Å². The number of amides is 2. The van der Waals surface area contributed by atoms with Gasteiger partial charge in [0.2, 0.25) is 11.9 Å². The smallest absolute Gasteiger partial charge is 0.264 e. The van der Waals surface area contributed by atoms with E-state index in [0.717, 1.165) is 0 Å². The van der Waals surface area contributed by atoms with E-state index in [2.05, 4.69) is 25.3 Å². The number of nitrogens with zero attached hydrogens (tertiary/aromatic N) is 2. The highest BCUT2D eigenvalue weighted by Crippen LogP contribution is 2.17. The highest BCUT2D eigenvalue weighted by molar-refractivity contribution is 7.92. The fraction of sp³-hybridized carbons (Fsp3) is 0.182. The lowest BCUT2D eigenvalue weighted by Crippen LogP contribution is -2.41. The number of benzene rings is 2. The SMILES string of the molecule is Cc1cc(C)nc(NS(=O)(=O)c2ccc(NC(=O)[C@@H](C)NC(=O)c3ccccc3)cc2)n1. The van der Waals surface area contributed by atoms with Crippen LogP contribution in [-0.2, 0) is 14.8 Å². The predicted octanol–water partition coefficient (Wildman–Crippen LogP) is 2.65. The van der Waals surface area contributed by atoms with Crippen molar-refractivity contribution in [1.29, 1.82) is 0 Å². The van der Waals surface area contributed by atoms with Crippen LogP contribution in [0.5, 0.6) is 0 Å². The molecule has 3 aromatic rings. The van der Waals surface area contributed by atoms with E-state index in [1.165, 1.54) is 24.3 Å². The normalized spacial score (nSPS) is 12.0. The fourth-order valence-electron chi connectivity index (χ4n) is 2.85. The molecule has 0 aliphatic rings. The van der Waals surface area contributed by atoms with Crippen molar-refractivity contribution >= 4 is 33.5 Å². The maximum absolute atomic E-state index is 12.6. The number of hydrogen-bond donors (Lipinski definition) is 3. The van der Waals surface area contributed by atoms with Crippen molar-refractivity contribution in [3.8, 4) is 0 Å². The topological polar surface area (TPSA) is 130 Å². The van der Waals surface area contributed by atoms with Crippen molar-refractivity contribution in [2.45, 2.75) is 31.7 Å². The molecular weight excluding hydrogens is 430 g/mol. The van der Waals surface area contributed by atoms with Crippen LogP contribution in [0.4, 0.5) is 11.6 Å². The minimum atomic E-state index is -3.90. The Balaban J connectivity index is 1.63. The van der Waals surface area contributed by atoms with Gasteiger partial charge in [-0.05, 0) is 63.2 Å². The summed E-state index contributed by atoms with van der Waals surface area (Å²) < 4.78 is 27.5. The Morgan fingerprint density at radius 3 is 2.09 bits per heavy atom. The maximum Gasteiger partial charge on any atom is 0.264 e. The zero-order valence-corrected chi connectivity index (χ0v) is 18.6. The third-order valence-corrected chi connectivity index (χ3v) is 5.76. The minimum absolute atomic E-state index is 0.0105. The van der Waals surface area contributed by atoms with Gasteiger partial charge in [-0.3, -0.25) is 9.59 Å². The molecule has 0 saturated heterocycles. The van der Waals surface area contributed by atoms with E-state index < -0.39 is 22.0 Å². The number of hydrogen-bond acceptors (Lipinski definition) is 6. The lowest BCUT2D eigenvalue weighted by atomic mass is 10.2. The summed E-state index contributed by atoms with van der Waals surface area (Å²) in [4.78, 5) is 32.7. The largest absolute Gasteiger partial charge is 0.341 e. The quantitative estimate of drug-likeness (QED) is 0.504. The summed E-state index contributed by atoms with van der Waals surface area (Å²) in [5, 5.41) is 5.27. The van der Waals surface area contributed by atoms with Crippen LogP contribution >= 0.6 is 0 Å². The lowest BCUT2D eigenvalue weighted by Gasteiger charge is -2.14. The van der Waals surface area contributed by atoms with Gasteiger partial charge in [0.15, 0.2) is 0 Å². The molecule has 9 nitrogen and oxygen atoms in total. The van der Waals surface area contributed by atoms with E-state index in [1.54, 1.807) is 57.2 Å². The second-order valence-electron chi connectivity index (χ2n) is 7.15. The highest BCUT2D eigenvalue weighted by Gasteiger charge is 2.19. The first-order valence-electron chi connectivity index (χ1n) is 9.76. The zero-order valence-electron chi connectivity index (χ0n) is 17.8. The monoisotopic (exact) mass is 453 g/mol. The molecule has 166 valence electrons. The molecule has 0 unspecified atom stereocenters. The second-order valence-corrected chi connectivity index (χ2v) is 8.84. The van der Waals surface area contributed by atoms with Gasteiger partial charge in [-0.1, -0.05) is 18.2 Å². The lowest BCUT2D eigenvalue weighted by molar-refractivity contribution is -0.117. The number of sulfonamides is 1. The van der Waals surface area contributed by atoms with Crippen molar-refractivity contribution in [3.63, 3.8) is 0 Å². The molecule has 0 spiro atoms. The van der Waals surface area contributed by atoms with Gasteiger partial charge >= 0.3 is 0 Å². The first-order chi connectivity index (χ1) is 15.1. The molecule has 0 saturated carbocycles. The Labute approximate surface area is 186 Å². The molecule has 2 aromatic carbocycles. The number of carbonyl (C=O) groups excluding carboxylic acids is 2. The molecular formula is C22H23N5O4S. The number of aromatic nitrogens is 2. The molecule has 2 amide bonds. The van der Waals surface area contributed by atoms with Gasteiger partial charge in [0, 0.05) is 22.6 Å². The van der Waals surface area contributed by atoms with Crippen molar-refractivity contribution in [2.75, 3.05) is 10.0 Å². The van der Waals surface area contributed by atoms with Crippen LogP contribution in [0.2, 0.25) is 0 Å². The zero-order chi connectivity index (χ0) is 23.3. The first-order valence-corrected chi connectivity index (χ1v) is 11.2. The highest BCUT2D eigenvalue weighted by atomic mass is 32.2. The van der Waals surface area contributed by atoms with E-state index in [4.69, 9.17) is 0 Å². The molecule has 0 bridgehead atoms. The fourth-order valence-corrected chi connectivity index (χ4v) is 3.80. The summed E-state index contributed by atoms with van der Waals surface area (Å²) in [7, 11) is -3.90. The number of rotatable bonds is 7. The Morgan fingerprint density at radius 2 is 1.50 bits per heavy atom. The number of aryl methyl sites for hydroxylation is 2. The molecule has 1 aromatic heterocycles. The van der Waals surface area contributed by atoms with E-state index >= 15 is 0 Å². The molecule has 0 radical (unpaired) electrons. The van der Waals surface area contributed by atoms with Crippen LogP contribution in [0, 0.1) is 13.8 Å². The van der Waals surface area contributed by atoms with Crippen molar-refractivity contribution < 1.29 is 18.0 Å². The van der Waals surface area contributed by atoms with Gasteiger partial charge in [0.25, 0.3) is 15.9 Å². The molecule has 1 heterocycles. The number of carbonyl (C=O) groups is 2. The van der Waals surface area contributed by atoms with Crippen LogP contribution in [0.25, 0.3) is 0 Å².